The number of hydrogen-bond acceptors (Lipinski definition) is 5. The summed E-state index contributed by atoms with van der Waals surface area (Å²) in [6, 6.07) is 7.58. The molecular formula is C16H17N3O3S. The highest BCUT2D eigenvalue weighted by Gasteiger charge is 2.22. The van der Waals surface area contributed by atoms with Gasteiger partial charge in [-0.05, 0) is 31.2 Å². The van der Waals surface area contributed by atoms with E-state index >= 15 is 0 Å². The quantitative estimate of drug-likeness (QED) is 0.914. The summed E-state index contributed by atoms with van der Waals surface area (Å²) in [7, 11) is 0. The number of carbonyl (C=O) groups excluding carboxylic acids is 2. The molecular weight excluding hydrogens is 314 g/mol. The Kier molecular flexibility index (Phi) is 4.57. The van der Waals surface area contributed by atoms with Gasteiger partial charge in [0.05, 0.1) is 6.54 Å². The second kappa shape index (κ2) is 6.78. The van der Waals surface area contributed by atoms with E-state index in [1.54, 1.807) is 11.3 Å². The van der Waals surface area contributed by atoms with E-state index in [4.69, 9.17) is 4.74 Å². The summed E-state index contributed by atoms with van der Waals surface area (Å²) in [5, 5.41) is 5.80. The summed E-state index contributed by atoms with van der Waals surface area (Å²) >= 11 is 1.60. The van der Waals surface area contributed by atoms with Crippen LogP contribution in [0, 0.1) is 6.92 Å². The maximum atomic E-state index is 11.9. The Bertz CT molecular complexity index is 712. The highest BCUT2D eigenvalue weighted by molar-refractivity contribution is 7.13. The molecule has 1 aliphatic heterocycles. The molecule has 0 spiro atoms. The van der Waals surface area contributed by atoms with Gasteiger partial charge in [0.25, 0.3) is 0 Å². The number of benzene rings is 1. The molecule has 1 aliphatic rings. The maximum Gasteiger partial charge on any atom is 0.409 e. The summed E-state index contributed by atoms with van der Waals surface area (Å²) in [6.07, 6.45) is -0.0939. The minimum atomic E-state index is -0.346. The zero-order valence-corrected chi connectivity index (χ0v) is 13.6. The predicted octanol–water partition coefficient (Wildman–Crippen LogP) is 2.90. The zero-order chi connectivity index (χ0) is 16.2. The van der Waals surface area contributed by atoms with E-state index in [1.807, 2.05) is 36.6 Å². The second-order valence-electron chi connectivity index (χ2n) is 5.27. The van der Waals surface area contributed by atoms with Crippen LogP contribution in [0.15, 0.2) is 29.6 Å². The van der Waals surface area contributed by atoms with E-state index in [0.29, 0.717) is 19.7 Å². The third-order valence-electron chi connectivity index (χ3n) is 3.49. The van der Waals surface area contributed by atoms with Crippen molar-refractivity contribution in [2.24, 2.45) is 0 Å². The van der Waals surface area contributed by atoms with Crippen molar-refractivity contribution >= 4 is 29.0 Å². The van der Waals surface area contributed by atoms with Gasteiger partial charge in [0.2, 0.25) is 5.91 Å². The van der Waals surface area contributed by atoms with Gasteiger partial charge >= 0.3 is 6.09 Å². The van der Waals surface area contributed by atoms with Crippen LogP contribution in [0.5, 0.6) is 0 Å². The summed E-state index contributed by atoms with van der Waals surface area (Å²) < 4.78 is 4.82. The minimum Gasteiger partial charge on any atom is -0.448 e. The molecule has 2 aromatic rings. The largest absolute Gasteiger partial charge is 0.448 e. The van der Waals surface area contributed by atoms with Gasteiger partial charge in [-0.1, -0.05) is 0 Å². The molecule has 0 saturated carbocycles. The number of aromatic nitrogens is 1. The standard InChI is InChI=1S/C16H17N3O3S/c1-11-10-23-15(17-11)12-2-4-13(5-3-12)18-14(20)6-7-19-8-9-22-16(19)21/h2-5,10H,6-9H2,1H3,(H,18,20). The smallest absolute Gasteiger partial charge is 0.409 e. The van der Waals surface area contributed by atoms with Crippen LogP contribution in [0.1, 0.15) is 12.1 Å². The molecule has 0 bridgehead atoms. The Morgan fingerprint density at radius 2 is 2.17 bits per heavy atom. The van der Waals surface area contributed by atoms with E-state index in [0.717, 1.165) is 22.0 Å². The average Bonchev–Trinajstić information content (AvgIpc) is 3.15. The van der Waals surface area contributed by atoms with Gasteiger partial charge in [0.1, 0.15) is 11.6 Å². The molecule has 0 aliphatic carbocycles. The van der Waals surface area contributed by atoms with E-state index < -0.39 is 0 Å². The number of hydrogen-bond donors (Lipinski definition) is 1. The van der Waals surface area contributed by atoms with Gasteiger partial charge in [-0.3, -0.25) is 4.79 Å². The highest BCUT2D eigenvalue weighted by atomic mass is 32.1. The van der Waals surface area contributed by atoms with E-state index in [-0.39, 0.29) is 18.4 Å². The Labute approximate surface area is 138 Å². The van der Waals surface area contributed by atoms with Crippen LogP contribution in [-0.2, 0) is 9.53 Å². The van der Waals surface area contributed by atoms with Crippen molar-refractivity contribution in [1.29, 1.82) is 0 Å². The molecule has 3 rings (SSSR count). The lowest BCUT2D eigenvalue weighted by Crippen LogP contribution is -2.28. The molecule has 120 valence electrons. The molecule has 1 saturated heterocycles. The summed E-state index contributed by atoms with van der Waals surface area (Å²) in [5.74, 6) is -0.123. The first-order valence-corrected chi connectivity index (χ1v) is 8.24. The molecule has 7 heteroatoms. The zero-order valence-electron chi connectivity index (χ0n) is 12.7. The molecule has 0 atom stereocenters. The summed E-state index contributed by atoms with van der Waals surface area (Å²) in [5.41, 5.74) is 2.76. The van der Waals surface area contributed by atoms with Crippen LogP contribution in [0.2, 0.25) is 0 Å². The first kappa shape index (κ1) is 15.5. The Hall–Kier alpha value is -2.41. The number of aryl methyl sites for hydroxylation is 1. The third kappa shape index (κ3) is 3.87. The highest BCUT2D eigenvalue weighted by Crippen LogP contribution is 2.24. The Morgan fingerprint density at radius 1 is 1.39 bits per heavy atom. The van der Waals surface area contributed by atoms with Gasteiger partial charge < -0.3 is 15.0 Å². The number of amides is 2. The van der Waals surface area contributed by atoms with Crippen LogP contribution in [0.4, 0.5) is 10.5 Å². The third-order valence-corrected chi connectivity index (χ3v) is 4.50. The average molecular weight is 331 g/mol. The van der Waals surface area contributed by atoms with Crippen molar-refractivity contribution in [3.8, 4) is 10.6 Å². The van der Waals surface area contributed by atoms with E-state index in [9.17, 15) is 9.59 Å². The first-order chi connectivity index (χ1) is 11.1. The molecule has 23 heavy (non-hydrogen) atoms. The van der Waals surface area contributed by atoms with Crippen LogP contribution in [-0.4, -0.2) is 41.6 Å². The topological polar surface area (TPSA) is 71.5 Å². The second-order valence-corrected chi connectivity index (χ2v) is 6.13. The van der Waals surface area contributed by atoms with Crippen LogP contribution >= 0.6 is 11.3 Å². The molecule has 2 heterocycles. The normalized spacial score (nSPS) is 14.0. The Morgan fingerprint density at radius 3 is 2.78 bits per heavy atom. The minimum absolute atomic E-state index is 0.123. The lowest BCUT2D eigenvalue weighted by molar-refractivity contribution is -0.116. The van der Waals surface area contributed by atoms with Crippen molar-refractivity contribution in [3.63, 3.8) is 0 Å². The molecule has 1 aromatic heterocycles. The SMILES string of the molecule is Cc1csc(-c2ccc(NC(=O)CCN3CCOC3=O)cc2)n1. The number of nitrogens with one attached hydrogen (secondary N) is 1. The number of carbonyl (C=O) groups is 2. The number of thiazole rings is 1. The lowest BCUT2D eigenvalue weighted by Gasteiger charge is -2.12. The van der Waals surface area contributed by atoms with E-state index in [1.165, 1.54) is 4.90 Å². The van der Waals surface area contributed by atoms with Crippen molar-refractivity contribution in [1.82, 2.24) is 9.88 Å². The molecule has 6 nitrogen and oxygen atoms in total. The number of ether oxygens (including phenoxy) is 1. The maximum absolute atomic E-state index is 11.9. The fourth-order valence-corrected chi connectivity index (χ4v) is 3.08. The fraction of sp³-hybridized carbons (Fsp3) is 0.312. The van der Waals surface area contributed by atoms with Gasteiger partial charge in [0, 0.05) is 35.3 Å². The van der Waals surface area contributed by atoms with Gasteiger partial charge in [0.15, 0.2) is 0 Å². The summed E-state index contributed by atoms with van der Waals surface area (Å²) in [4.78, 5) is 29.2. The van der Waals surface area contributed by atoms with Gasteiger partial charge in [-0.25, -0.2) is 9.78 Å². The predicted molar refractivity (Wildman–Crippen MR) is 88.5 cm³/mol. The number of cyclic esters (lactones) is 1. The van der Waals surface area contributed by atoms with Crippen molar-refractivity contribution < 1.29 is 14.3 Å². The first-order valence-electron chi connectivity index (χ1n) is 7.36. The van der Waals surface area contributed by atoms with E-state index in [2.05, 4.69) is 10.3 Å². The molecule has 0 unspecified atom stereocenters. The number of nitrogens with zero attached hydrogens (tertiary/aromatic N) is 2. The van der Waals surface area contributed by atoms with Crippen LogP contribution in [0.25, 0.3) is 10.6 Å². The van der Waals surface area contributed by atoms with Gasteiger partial charge in [-0.2, -0.15) is 0 Å². The molecule has 2 amide bonds. The van der Waals surface area contributed by atoms with Crippen molar-refractivity contribution in [2.75, 3.05) is 25.0 Å². The van der Waals surface area contributed by atoms with Crippen LogP contribution in [0.3, 0.4) is 0 Å². The Balaban J connectivity index is 1.53. The van der Waals surface area contributed by atoms with Gasteiger partial charge in [-0.15, -0.1) is 11.3 Å². The molecule has 1 fully saturated rings. The molecule has 0 radical (unpaired) electrons. The number of anilines is 1. The number of rotatable bonds is 5. The van der Waals surface area contributed by atoms with Crippen molar-refractivity contribution in [2.45, 2.75) is 13.3 Å². The van der Waals surface area contributed by atoms with Crippen molar-refractivity contribution in [3.05, 3.63) is 35.3 Å². The molecule has 1 aromatic carbocycles. The summed E-state index contributed by atoms with van der Waals surface area (Å²) in [6.45, 7) is 3.29. The fourth-order valence-electron chi connectivity index (χ4n) is 2.27. The molecule has 1 N–H and O–H groups in total. The monoisotopic (exact) mass is 331 g/mol. The van der Waals surface area contributed by atoms with Crippen LogP contribution < -0.4 is 5.32 Å². The lowest BCUT2D eigenvalue weighted by atomic mass is 10.2.